The second-order valence-corrected chi connectivity index (χ2v) is 6.65. The smallest absolute Gasteiger partial charge is 0.234 e. The SMILES string of the molecule is CC(C)C1(c2nc(C3Cc4ccccc43)no2)CCNC1. The summed E-state index contributed by atoms with van der Waals surface area (Å²) in [6.07, 6.45) is 2.11. The minimum Gasteiger partial charge on any atom is -0.339 e. The highest BCUT2D eigenvalue weighted by molar-refractivity contribution is 5.43. The van der Waals surface area contributed by atoms with Crippen molar-refractivity contribution in [3.05, 3.63) is 47.1 Å². The average molecular weight is 283 g/mol. The Morgan fingerprint density at radius 3 is 2.90 bits per heavy atom. The fraction of sp³-hybridized carbons (Fsp3) is 0.529. The highest BCUT2D eigenvalue weighted by atomic mass is 16.5. The Morgan fingerprint density at radius 2 is 2.19 bits per heavy atom. The van der Waals surface area contributed by atoms with Crippen LogP contribution >= 0.6 is 0 Å². The number of benzene rings is 1. The van der Waals surface area contributed by atoms with E-state index in [1.54, 1.807) is 0 Å². The van der Waals surface area contributed by atoms with Crippen LogP contribution in [0.15, 0.2) is 28.8 Å². The molecule has 4 rings (SSSR count). The molecule has 2 atom stereocenters. The van der Waals surface area contributed by atoms with Gasteiger partial charge in [0.25, 0.3) is 0 Å². The van der Waals surface area contributed by atoms with Gasteiger partial charge in [0.2, 0.25) is 5.89 Å². The van der Waals surface area contributed by atoms with E-state index in [9.17, 15) is 0 Å². The van der Waals surface area contributed by atoms with Gasteiger partial charge in [-0.2, -0.15) is 4.98 Å². The van der Waals surface area contributed by atoms with E-state index in [4.69, 9.17) is 9.51 Å². The maximum atomic E-state index is 5.68. The fourth-order valence-electron chi connectivity index (χ4n) is 3.70. The van der Waals surface area contributed by atoms with Gasteiger partial charge in [-0.05, 0) is 36.4 Å². The Balaban J connectivity index is 1.65. The van der Waals surface area contributed by atoms with Gasteiger partial charge in [0.1, 0.15) is 0 Å². The third kappa shape index (κ3) is 1.85. The molecule has 0 bridgehead atoms. The second kappa shape index (κ2) is 4.67. The van der Waals surface area contributed by atoms with Gasteiger partial charge in [-0.25, -0.2) is 0 Å². The minimum atomic E-state index is 0.00845. The van der Waals surface area contributed by atoms with Gasteiger partial charge in [0.15, 0.2) is 5.82 Å². The monoisotopic (exact) mass is 283 g/mol. The lowest BCUT2D eigenvalue weighted by atomic mass is 9.75. The first kappa shape index (κ1) is 13.0. The van der Waals surface area contributed by atoms with E-state index in [0.717, 1.165) is 37.6 Å². The van der Waals surface area contributed by atoms with Gasteiger partial charge in [0.05, 0.1) is 11.3 Å². The Hall–Kier alpha value is -1.68. The van der Waals surface area contributed by atoms with Gasteiger partial charge in [-0.15, -0.1) is 0 Å². The fourth-order valence-corrected chi connectivity index (χ4v) is 3.70. The highest BCUT2D eigenvalue weighted by Gasteiger charge is 2.44. The summed E-state index contributed by atoms with van der Waals surface area (Å²) in [7, 11) is 0. The first-order chi connectivity index (χ1) is 10.2. The van der Waals surface area contributed by atoms with Crippen LogP contribution in [0.25, 0.3) is 0 Å². The predicted octanol–water partition coefficient (Wildman–Crippen LogP) is 2.64. The van der Waals surface area contributed by atoms with Crippen molar-refractivity contribution in [2.24, 2.45) is 5.92 Å². The van der Waals surface area contributed by atoms with Gasteiger partial charge in [-0.1, -0.05) is 43.3 Å². The molecule has 1 N–H and O–H groups in total. The summed E-state index contributed by atoms with van der Waals surface area (Å²) in [5, 5.41) is 7.74. The average Bonchev–Trinajstić information content (AvgIpc) is 3.09. The lowest BCUT2D eigenvalue weighted by molar-refractivity contribution is 0.233. The molecular formula is C17H21N3O. The molecule has 1 aromatic carbocycles. The Bertz CT molecular complexity index is 656. The number of nitrogens with one attached hydrogen (secondary N) is 1. The molecule has 0 saturated carbocycles. The summed E-state index contributed by atoms with van der Waals surface area (Å²) in [6.45, 7) is 6.46. The normalized spacial score (nSPS) is 27.7. The number of hydrogen-bond donors (Lipinski definition) is 1. The topological polar surface area (TPSA) is 51.0 Å². The van der Waals surface area contributed by atoms with E-state index >= 15 is 0 Å². The van der Waals surface area contributed by atoms with Gasteiger partial charge < -0.3 is 9.84 Å². The molecule has 4 heteroatoms. The van der Waals surface area contributed by atoms with E-state index in [1.165, 1.54) is 11.1 Å². The Labute approximate surface area is 124 Å². The molecule has 110 valence electrons. The summed E-state index contributed by atoms with van der Waals surface area (Å²) >= 11 is 0. The van der Waals surface area contributed by atoms with E-state index in [-0.39, 0.29) is 5.41 Å². The molecule has 4 nitrogen and oxygen atoms in total. The molecule has 0 spiro atoms. The molecule has 0 radical (unpaired) electrons. The molecule has 1 aliphatic heterocycles. The van der Waals surface area contributed by atoms with E-state index in [0.29, 0.717) is 11.8 Å². The van der Waals surface area contributed by atoms with Crippen molar-refractivity contribution in [1.29, 1.82) is 0 Å². The zero-order chi connectivity index (χ0) is 14.4. The maximum absolute atomic E-state index is 5.68. The minimum absolute atomic E-state index is 0.00845. The summed E-state index contributed by atoms with van der Waals surface area (Å²) in [4.78, 5) is 4.79. The number of nitrogens with zero attached hydrogens (tertiary/aromatic N) is 2. The highest BCUT2D eigenvalue weighted by Crippen LogP contribution is 2.41. The van der Waals surface area contributed by atoms with Crippen molar-refractivity contribution in [1.82, 2.24) is 15.5 Å². The van der Waals surface area contributed by atoms with Crippen LogP contribution in [0.5, 0.6) is 0 Å². The number of aromatic nitrogens is 2. The van der Waals surface area contributed by atoms with Crippen molar-refractivity contribution in [3.8, 4) is 0 Å². The van der Waals surface area contributed by atoms with Crippen LogP contribution in [0, 0.1) is 5.92 Å². The molecule has 1 aromatic heterocycles. The number of fused-ring (bicyclic) bond motifs is 1. The second-order valence-electron chi connectivity index (χ2n) is 6.65. The van der Waals surface area contributed by atoms with Crippen LogP contribution in [-0.4, -0.2) is 23.2 Å². The molecule has 1 saturated heterocycles. The molecule has 2 aliphatic rings. The third-order valence-corrected chi connectivity index (χ3v) is 5.33. The van der Waals surface area contributed by atoms with E-state index < -0.39 is 0 Å². The molecular weight excluding hydrogens is 262 g/mol. The molecule has 0 amide bonds. The van der Waals surface area contributed by atoms with Crippen LogP contribution in [0.1, 0.15) is 49.0 Å². The maximum Gasteiger partial charge on any atom is 0.234 e. The molecule has 21 heavy (non-hydrogen) atoms. The zero-order valence-corrected chi connectivity index (χ0v) is 12.6. The van der Waals surface area contributed by atoms with E-state index in [2.05, 4.69) is 48.6 Å². The number of rotatable bonds is 3. The van der Waals surface area contributed by atoms with Crippen molar-refractivity contribution < 1.29 is 4.52 Å². The van der Waals surface area contributed by atoms with Crippen LogP contribution in [0.3, 0.4) is 0 Å². The standard InChI is InChI=1S/C17H21N3O/c1-11(2)17(7-8-18-10-17)16-19-15(20-21-16)14-9-12-5-3-4-6-13(12)14/h3-6,11,14,18H,7-10H2,1-2H3. The van der Waals surface area contributed by atoms with Crippen molar-refractivity contribution in [2.75, 3.05) is 13.1 Å². The molecule has 2 aromatic rings. The quantitative estimate of drug-likeness (QED) is 0.941. The van der Waals surface area contributed by atoms with Gasteiger partial charge in [-0.3, -0.25) is 0 Å². The van der Waals surface area contributed by atoms with Crippen molar-refractivity contribution in [3.63, 3.8) is 0 Å². The lowest BCUT2D eigenvalue weighted by Crippen LogP contribution is -2.35. The van der Waals surface area contributed by atoms with Gasteiger partial charge in [0, 0.05) is 6.54 Å². The van der Waals surface area contributed by atoms with Crippen LogP contribution in [0.2, 0.25) is 0 Å². The van der Waals surface area contributed by atoms with Crippen LogP contribution in [-0.2, 0) is 11.8 Å². The Morgan fingerprint density at radius 1 is 1.33 bits per heavy atom. The summed E-state index contributed by atoms with van der Waals surface area (Å²) in [5.74, 6) is 2.49. The third-order valence-electron chi connectivity index (χ3n) is 5.33. The summed E-state index contributed by atoms with van der Waals surface area (Å²) in [5.41, 5.74) is 2.78. The molecule has 2 unspecified atom stereocenters. The largest absolute Gasteiger partial charge is 0.339 e. The zero-order valence-electron chi connectivity index (χ0n) is 12.6. The lowest BCUT2D eigenvalue weighted by Gasteiger charge is -2.29. The molecule has 2 heterocycles. The molecule has 1 aliphatic carbocycles. The Kier molecular flexibility index (Phi) is 2.89. The number of hydrogen-bond acceptors (Lipinski definition) is 4. The predicted molar refractivity (Wildman–Crippen MR) is 80.3 cm³/mol. The van der Waals surface area contributed by atoms with Crippen molar-refractivity contribution in [2.45, 2.75) is 38.0 Å². The first-order valence-corrected chi connectivity index (χ1v) is 7.83. The van der Waals surface area contributed by atoms with Crippen LogP contribution in [0.4, 0.5) is 0 Å². The van der Waals surface area contributed by atoms with Gasteiger partial charge >= 0.3 is 0 Å². The summed E-state index contributed by atoms with van der Waals surface area (Å²) in [6, 6.07) is 8.54. The summed E-state index contributed by atoms with van der Waals surface area (Å²) < 4.78 is 5.68. The first-order valence-electron chi connectivity index (χ1n) is 7.83. The van der Waals surface area contributed by atoms with Crippen LogP contribution < -0.4 is 5.32 Å². The van der Waals surface area contributed by atoms with Crippen molar-refractivity contribution >= 4 is 0 Å². The molecule has 1 fully saturated rings. The van der Waals surface area contributed by atoms with E-state index in [1.807, 2.05) is 0 Å².